The molecule has 0 radical (unpaired) electrons. The van der Waals surface area contributed by atoms with Crippen molar-refractivity contribution in [2.45, 2.75) is 24.8 Å². The number of aromatic nitrogens is 4. The van der Waals surface area contributed by atoms with Crippen molar-refractivity contribution in [1.29, 1.82) is 0 Å². The van der Waals surface area contributed by atoms with E-state index in [2.05, 4.69) is 20.4 Å². The summed E-state index contributed by atoms with van der Waals surface area (Å²) in [7, 11) is 4.74. The van der Waals surface area contributed by atoms with E-state index in [4.69, 9.17) is 14.2 Å². The lowest BCUT2D eigenvalue weighted by Crippen LogP contribution is -2.33. The van der Waals surface area contributed by atoms with E-state index in [-0.39, 0.29) is 17.7 Å². The Kier molecular flexibility index (Phi) is 5.01. The van der Waals surface area contributed by atoms with Crippen LogP contribution in [0.3, 0.4) is 0 Å². The van der Waals surface area contributed by atoms with Crippen molar-refractivity contribution in [2.24, 2.45) is 0 Å². The number of carbonyl (C=O) groups excluding carboxylic acids is 1. The van der Waals surface area contributed by atoms with Crippen LogP contribution < -0.4 is 19.5 Å². The monoisotopic (exact) mass is 433 g/mol. The van der Waals surface area contributed by atoms with Crippen molar-refractivity contribution < 1.29 is 19.0 Å². The molecule has 2 aliphatic rings. The first kappa shape index (κ1) is 20.0. The van der Waals surface area contributed by atoms with Crippen LogP contribution in [0.4, 0.5) is 5.95 Å². The maximum atomic E-state index is 13.5. The van der Waals surface area contributed by atoms with Crippen molar-refractivity contribution in [3.8, 4) is 17.2 Å². The van der Waals surface area contributed by atoms with E-state index in [1.807, 2.05) is 24.3 Å². The van der Waals surface area contributed by atoms with E-state index in [9.17, 15) is 4.79 Å². The van der Waals surface area contributed by atoms with Crippen molar-refractivity contribution in [3.63, 3.8) is 0 Å². The first-order chi connectivity index (χ1) is 15.6. The minimum atomic E-state index is -0.356. The minimum absolute atomic E-state index is 0.0496. The SMILES string of the molecule is COc1cc([C@H]2CC(=O)C3=C(C2)Nc2ncnn2[C@@H]3c2cccnc2)cc(OC)c1OC. The molecule has 0 spiro atoms. The summed E-state index contributed by atoms with van der Waals surface area (Å²) in [5.74, 6) is 2.29. The number of rotatable bonds is 5. The quantitative estimate of drug-likeness (QED) is 0.655. The average Bonchev–Trinajstić information content (AvgIpc) is 3.30. The highest BCUT2D eigenvalue weighted by Gasteiger charge is 2.39. The number of pyridine rings is 1. The summed E-state index contributed by atoms with van der Waals surface area (Å²) in [6.45, 7) is 0. The second-order valence-electron chi connectivity index (χ2n) is 7.72. The molecule has 9 heteroatoms. The van der Waals surface area contributed by atoms with Crippen LogP contribution in [0.15, 0.2) is 54.3 Å². The zero-order valence-electron chi connectivity index (χ0n) is 18.0. The van der Waals surface area contributed by atoms with Gasteiger partial charge >= 0.3 is 0 Å². The first-order valence-electron chi connectivity index (χ1n) is 10.3. The van der Waals surface area contributed by atoms with Gasteiger partial charge in [-0.15, -0.1) is 0 Å². The van der Waals surface area contributed by atoms with Gasteiger partial charge in [0.1, 0.15) is 12.4 Å². The fraction of sp³-hybridized carbons (Fsp3) is 0.304. The maximum Gasteiger partial charge on any atom is 0.226 e. The van der Waals surface area contributed by atoms with E-state index < -0.39 is 0 Å². The molecular formula is C23H23N5O4. The molecule has 32 heavy (non-hydrogen) atoms. The van der Waals surface area contributed by atoms with E-state index in [1.54, 1.807) is 38.4 Å². The van der Waals surface area contributed by atoms with Crippen LogP contribution in [0.1, 0.15) is 35.9 Å². The number of Topliss-reactive ketones (excluding diaryl/α,β-unsaturated/α-hetero) is 1. The third-order valence-corrected chi connectivity index (χ3v) is 6.02. The number of anilines is 1. The zero-order valence-corrected chi connectivity index (χ0v) is 18.0. The Bertz CT molecular complexity index is 1180. The van der Waals surface area contributed by atoms with Crippen LogP contribution >= 0.6 is 0 Å². The summed E-state index contributed by atoms with van der Waals surface area (Å²) < 4.78 is 18.2. The Hall–Kier alpha value is -3.88. The highest BCUT2D eigenvalue weighted by molar-refractivity contribution is 6.00. The Labute approximate surface area is 185 Å². The number of allylic oxidation sites excluding steroid dienone is 2. The number of nitrogens with zero attached hydrogens (tertiary/aromatic N) is 4. The standard InChI is InChI=1S/C23H23N5O4/c1-30-18-9-15(10-19(31-2)22(18)32-3)14-7-16-20(17(29)8-14)21(13-5-4-6-24-11-13)28-23(27-16)25-12-26-28/h4-6,9-12,14,21H,7-8H2,1-3H3,(H,25,26,27)/t14-,21-/m1/s1. The molecule has 9 nitrogen and oxygen atoms in total. The van der Waals surface area contributed by atoms with Gasteiger partial charge in [0.15, 0.2) is 17.3 Å². The van der Waals surface area contributed by atoms with Gasteiger partial charge in [-0.05, 0) is 41.7 Å². The Balaban J connectivity index is 1.57. The first-order valence-corrected chi connectivity index (χ1v) is 10.3. The summed E-state index contributed by atoms with van der Waals surface area (Å²) in [6, 6.07) is 7.28. The maximum absolute atomic E-state index is 13.5. The highest BCUT2D eigenvalue weighted by atomic mass is 16.5. The van der Waals surface area contributed by atoms with Gasteiger partial charge in [0, 0.05) is 30.1 Å². The normalized spacial score (nSPS) is 19.7. The molecule has 0 saturated carbocycles. The molecule has 3 heterocycles. The number of ketones is 1. The molecule has 164 valence electrons. The molecule has 1 aliphatic heterocycles. The minimum Gasteiger partial charge on any atom is -0.493 e. The van der Waals surface area contributed by atoms with Gasteiger partial charge in [-0.1, -0.05) is 6.07 Å². The number of methoxy groups -OCH3 is 3. The van der Waals surface area contributed by atoms with Crippen molar-refractivity contribution in [2.75, 3.05) is 26.6 Å². The summed E-state index contributed by atoms with van der Waals surface area (Å²) in [5, 5.41) is 7.69. The van der Waals surface area contributed by atoms with Crippen LogP contribution in [0.2, 0.25) is 0 Å². The summed E-state index contributed by atoms with van der Waals surface area (Å²) in [6.07, 6.45) is 5.98. The number of hydrogen-bond acceptors (Lipinski definition) is 8. The van der Waals surface area contributed by atoms with Gasteiger partial charge in [-0.3, -0.25) is 9.78 Å². The average molecular weight is 433 g/mol. The molecule has 0 amide bonds. The number of carbonyl (C=O) groups is 1. The summed E-state index contributed by atoms with van der Waals surface area (Å²) in [5.41, 5.74) is 3.41. The zero-order chi connectivity index (χ0) is 22.2. The second-order valence-corrected chi connectivity index (χ2v) is 7.72. The molecule has 0 saturated heterocycles. The number of hydrogen-bond donors (Lipinski definition) is 1. The number of nitrogens with one attached hydrogen (secondary N) is 1. The van der Waals surface area contributed by atoms with E-state index in [0.717, 1.165) is 16.8 Å². The van der Waals surface area contributed by atoms with Crippen molar-refractivity contribution in [3.05, 3.63) is 65.4 Å². The van der Waals surface area contributed by atoms with Crippen molar-refractivity contribution >= 4 is 11.7 Å². The lowest BCUT2D eigenvalue weighted by atomic mass is 9.78. The van der Waals surface area contributed by atoms with Gasteiger partial charge < -0.3 is 19.5 Å². The van der Waals surface area contributed by atoms with Gasteiger partial charge in [-0.25, -0.2) is 4.68 Å². The number of ether oxygens (including phenoxy) is 3. The van der Waals surface area contributed by atoms with Crippen molar-refractivity contribution in [1.82, 2.24) is 19.7 Å². The van der Waals surface area contributed by atoms with Crippen LogP contribution in [0, 0.1) is 0 Å². The Morgan fingerprint density at radius 3 is 2.50 bits per heavy atom. The third-order valence-electron chi connectivity index (χ3n) is 6.02. The van der Waals surface area contributed by atoms with Gasteiger partial charge in [0.2, 0.25) is 11.7 Å². The second kappa shape index (κ2) is 7.99. The Morgan fingerprint density at radius 1 is 1.06 bits per heavy atom. The molecule has 5 rings (SSSR count). The lowest BCUT2D eigenvalue weighted by molar-refractivity contribution is -0.116. The molecule has 2 aromatic heterocycles. The fourth-order valence-electron chi connectivity index (χ4n) is 4.57. The number of fused-ring (bicyclic) bond motifs is 1. The van der Waals surface area contributed by atoms with E-state index in [0.29, 0.717) is 41.6 Å². The number of benzene rings is 1. The van der Waals surface area contributed by atoms with Gasteiger partial charge in [0.25, 0.3) is 0 Å². The van der Waals surface area contributed by atoms with Crippen LogP contribution in [0.5, 0.6) is 17.2 Å². The van der Waals surface area contributed by atoms with Crippen LogP contribution in [-0.2, 0) is 4.79 Å². The predicted molar refractivity (Wildman–Crippen MR) is 116 cm³/mol. The smallest absolute Gasteiger partial charge is 0.226 e. The third kappa shape index (κ3) is 3.17. The molecule has 0 bridgehead atoms. The molecule has 1 N–H and O–H groups in total. The topological polar surface area (TPSA) is 100 Å². The molecule has 2 atom stereocenters. The Morgan fingerprint density at radius 2 is 1.84 bits per heavy atom. The van der Waals surface area contributed by atoms with Crippen LogP contribution in [-0.4, -0.2) is 46.9 Å². The largest absolute Gasteiger partial charge is 0.493 e. The summed E-state index contributed by atoms with van der Waals surface area (Å²) in [4.78, 5) is 22.1. The predicted octanol–water partition coefficient (Wildman–Crippen LogP) is 3.11. The molecule has 0 unspecified atom stereocenters. The van der Waals surface area contributed by atoms with Gasteiger partial charge in [0.05, 0.1) is 21.3 Å². The summed E-state index contributed by atoms with van der Waals surface area (Å²) >= 11 is 0. The molecule has 0 fully saturated rings. The fourth-order valence-corrected chi connectivity index (χ4v) is 4.57. The molecule has 3 aromatic rings. The molecular weight excluding hydrogens is 410 g/mol. The van der Waals surface area contributed by atoms with E-state index in [1.165, 1.54) is 6.33 Å². The molecule has 1 aliphatic carbocycles. The van der Waals surface area contributed by atoms with E-state index >= 15 is 0 Å². The van der Waals surface area contributed by atoms with Gasteiger partial charge in [-0.2, -0.15) is 10.1 Å². The van der Waals surface area contributed by atoms with Crippen LogP contribution in [0.25, 0.3) is 0 Å². The highest BCUT2D eigenvalue weighted by Crippen LogP contribution is 2.46. The lowest BCUT2D eigenvalue weighted by Gasteiger charge is -2.35. The molecule has 1 aromatic carbocycles.